The number of carbonyl (C=O) groups excluding carboxylic acids is 1. The molecule has 0 spiro atoms. The summed E-state index contributed by atoms with van der Waals surface area (Å²) in [4.78, 5) is 12.0. The van der Waals surface area contributed by atoms with Crippen molar-refractivity contribution in [3.63, 3.8) is 0 Å². The third-order valence-electron chi connectivity index (χ3n) is 3.95. The van der Waals surface area contributed by atoms with Gasteiger partial charge in [0.25, 0.3) is 0 Å². The van der Waals surface area contributed by atoms with Gasteiger partial charge in [-0.2, -0.15) is 0 Å². The summed E-state index contributed by atoms with van der Waals surface area (Å²) in [5, 5.41) is 6.36. The Morgan fingerprint density at radius 2 is 2.09 bits per heavy atom. The highest BCUT2D eigenvalue weighted by Crippen LogP contribution is 2.16. The first-order chi connectivity index (χ1) is 10.6. The van der Waals surface area contributed by atoms with Crippen molar-refractivity contribution >= 4 is 18.3 Å². The predicted molar refractivity (Wildman–Crippen MR) is 91.6 cm³/mol. The molecule has 1 amide bonds. The van der Waals surface area contributed by atoms with Crippen molar-refractivity contribution in [3.05, 3.63) is 30.1 Å². The molecule has 6 heteroatoms. The summed E-state index contributed by atoms with van der Waals surface area (Å²) in [5.41, 5.74) is 0. The van der Waals surface area contributed by atoms with Crippen LogP contribution < -0.4 is 15.4 Å². The van der Waals surface area contributed by atoms with E-state index in [4.69, 9.17) is 4.74 Å². The van der Waals surface area contributed by atoms with Gasteiger partial charge >= 0.3 is 0 Å². The van der Waals surface area contributed by atoms with Gasteiger partial charge in [-0.15, -0.1) is 12.4 Å². The second-order valence-corrected chi connectivity index (χ2v) is 5.88. The van der Waals surface area contributed by atoms with Gasteiger partial charge in [0.1, 0.15) is 11.6 Å². The van der Waals surface area contributed by atoms with E-state index in [9.17, 15) is 9.18 Å². The molecule has 1 aromatic carbocycles. The molecule has 1 saturated heterocycles. The lowest BCUT2D eigenvalue weighted by Crippen LogP contribution is -2.42. The molecule has 130 valence electrons. The average molecular weight is 345 g/mol. The minimum Gasteiger partial charge on any atom is -0.494 e. The lowest BCUT2D eigenvalue weighted by molar-refractivity contribution is -0.126. The van der Waals surface area contributed by atoms with Gasteiger partial charge in [-0.3, -0.25) is 4.79 Å². The first-order valence-corrected chi connectivity index (χ1v) is 8.04. The highest BCUT2D eigenvalue weighted by molar-refractivity contribution is 5.85. The second-order valence-electron chi connectivity index (χ2n) is 5.88. The van der Waals surface area contributed by atoms with Crippen LogP contribution in [0.15, 0.2) is 24.3 Å². The van der Waals surface area contributed by atoms with Gasteiger partial charge in [0.15, 0.2) is 0 Å². The van der Waals surface area contributed by atoms with E-state index in [0.717, 1.165) is 32.2 Å². The fourth-order valence-electron chi connectivity index (χ4n) is 2.67. The molecule has 0 radical (unpaired) electrons. The molecular weight excluding hydrogens is 319 g/mol. The lowest BCUT2D eigenvalue weighted by Gasteiger charge is -2.27. The van der Waals surface area contributed by atoms with Crippen LogP contribution in [-0.2, 0) is 4.79 Å². The molecule has 1 heterocycles. The van der Waals surface area contributed by atoms with Crippen LogP contribution in [0.5, 0.6) is 5.75 Å². The van der Waals surface area contributed by atoms with E-state index in [2.05, 4.69) is 17.6 Å². The summed E-state index contributed by atoms with van der Waals surface area (Å²) in [6, 6.07) is 6.43. The summed E-state index contributed by atoms with van der Waals surface area (Å²) in [6.07, 6.45) is 3.58. The minimum atomic E-state index is -0.262. The summed E-state index contributed by atoms with van der Waals surface area (Å²) >= 11 is 0. The average Bonchev–Trinajstić information content (AvgIpc) is 2.52. The van der Waals surface area contributed by atoms with Crippen molar-refractivity contribution in [2.45, 2.75) is 38.6 Å². The number of piperidine rings is 1. The predicted octanol–water partition coefficient (Wildman–Crippen LogP) is 2.91. The third kappa shape index (κ3) is 7.18. The van der Waals surface area contributed by atoms with Crippen molar-refractivity contribution in [3.8, 4) is 5.75 Å². The topological polar surface area (TPSA) is 50.4 Å². The molecule has 0 saturated carbocycles. The van der Waals surface area contributed by atoms with Crippen LogP contribution in [-0.4, -0.2) is 31.6 Å². The molecule has 1 aliphatic heterocycles. The zero-order valence-corrected chi connectivity index (χ0v) is 14.3. The Balaban J connectivity index is 0.00000264. The van der Waals surface area contributed by atoms with Crippen LogP contribution in [0.1, 0.15) is 32.6 Å². The van der Waals surface area contributed by atoms with Crippen LogP contribution >= 0.6 is 12.4 Å². The van der Waals surface area contributed by atoms with Crippen LogP contribution in [0.4, 0.5) is 4.39 Å². The van der Waals surface area contributed by atoms with Gasteiger partial charge in [0.2, 0.25) is 5.91 Å². The molecule has 23 heavy (non-hydrogen) atoms. The van der Waals surface area contributed by atoms with E-state index in [0.29, 0.717) is 24.9 Å². The standard InChI is InChI=1S/C17H25FN2O2.ClH/c1-13-12-14(8-10-19-13)17(21)20-9-2-3-11-22-16-6-4-15(18)5-7-16;/h4-7,13-14,19H,2-3,8-12H2,1H3,(H,20,21);1H/t13-,14-;/m0./s1. The number of ether oxygens (including phenoxy) is 1. The SMILES string of the molecule is C[C@H]1C[C@@H](C(=O)NCCCCOc2ccc(F)cc2)CCN1.Cl. The monoisotopic (exact) mass is 344 g/mol. The van der Waals surface area contributed by atoms with Crippen LogP contribution in [0.3, 0.4) is 0 Å². The molecule has 1 fully saturated rings. The highest BCUT2D eigenvalue weighted by Gasteiger charge is 2.24. The van der Waals surface area contributed by atoms with Crippen molar-refractivity contribution in [1.82, 2.24) is 10.6 Å². The van der Waals surface area contributed by atoms with Crippen molar-refractivity contribution < 1.29 is 13.9 Å². The zero-order chi connectivity index (χ0) is 15.8. The molecule has 4 nitrogen and oxygen atoms in total. The zero-order valence-electron chi connectivity index (χ0n) is 13.5. The van der Waals surface area contributed by atoms with E-state index in [1.807, 2.05) is 0 Å². The smallest absolute Gasteiger partial charge is 0.223 e. The lowest BCUT2D eigenvalue weighted by atomic mass is 9.92. The molecular formula is C17H26ClFN2O2. The van der Waals surface area contributed by atoms with Gasteiger partial charge in [-0.05, 0) is 63.4 Å². The number of amides is 1. The second kappa shape index (κ2) is 10.4. The summed E-state index contributed by atoms with van der Waals surface area (Å²) in [5.74, 6) is 0.732. The maximum absolute atomic E-state index is 12.7. The number of carbonyl (C=O) groups is 1. The summed E-state index contributed by atoms with van der Waals surface area (Å²) in [6.45, 7) is 4.30. The van der Waals surface area contributed by atoms with Crippen LogP contribution in [0.25, 0.3) is 0 Å². The van der Waals surface area contributed by atoms with E-state index in [-0.39, 0.29) is 30.0 Å². The third-order valence-corrected chi connectivity index (χ3v) is 3.95. The molecule has 2 atom stereocenters. The van der Waals surface area contributed by atoms with E-state index >= 15 is 0 Å². The van der Waals surface area contributed by atoms with Gasteiger partial charge in [0.05, 0.1) is 6.61 Å². The minimum absolute atomic E-state index is 0. The van der Waals surface area contributed by atoms with Crippen molar-refractivity contribution in [1.29, 1.82) is 0 Å². The molecule has 0 aromatic heterocycles. The fourth-order valence-corrected chi connectivity index (χ4v) is 2.67. The Morgan fingerprint density at radius 1 is 1.35 bits per heavy atom. The van der Waals surface area contributed by atoms with E-state index in [1.54, 1.807) is 12.1 Å². The largest absolute Gasteiger partial charge is 0.494 e. The molecule has 2 rings (SSSR count). The highest BCUT2D eigenvalue weighted by atomic mass is 35.5. The Hall–Kier alpha value is -1.33. The number of benzene rings is 1. The van der Waals surface area contributed by atoms with E-state index in [1.165, 1.54) is 12.1 Å². The Kier molecular flexibility index (Phi) is 8.95. The molecule has 2 N–H and O–H groups in total. The normalized spacial score (nSPS) is 20.4. The quantitative estimate of drug-likeness (QED) is 0.748. The number of nitrogens with one attached hydrogen (secondary N) is 2. The van der Waals surface area contributed by atoms with Gasteiger partial charge in [0, 0.05) is 18.5 Å². The Morgan fingerprint density at radius 3 is 2.78 bits per heavy atom. The van der Waals surface area contributed by atoms with Gasteiger partial charge < -0.3 is 15.4 Å². The Bertz CT molecular complexity index is 470. The first-order valence-electron chi connectivity index (χ1n) is 8.04. The summed E-state index contributed by atoms with van der Waals surface area (Å²) in [7, 11) is 0. The summed E-state index contributed by atoms with van der Waals surface area (Å²) < 4.78 is 18.2. The maximum atomic E-state index is 12.7. The molecule has 0 unspecified atom stereocenters. The first kappa shape index (κ1) is 19.7. The Labute approximate surface area is 143 Å². The number of hydrogen-bond donors (Lipinski definition) is 2. The number of hydrogen-bond acceptors (Lipinski definition) is 3. The fraction of sp³-hybridized carbons (Fsp3) is 0.588. The van der Waals surface area contributed by atoms with Crippen molar-refractivity contribution in [2.24, 2.45) is 5.92 Å². The molecule has 1 aliphatic rings. The molecule has 0 aliphatic carbocycles. The molecule has 1 aromatic rings. The van der Waals surface area contributed by atoms with Crippen LogP contribution in [0, 0.1) is 11.7 Å². The van der Waals surface area contributed by atoms with Gasteiger partial charge in [-0.25, -0.2) is 4.39 Å². The van der Waals surface area contributed by atoms with Crippen LogP contribution in [0.2, 0.25) is 0 Å². The number of halogens is 2. The number of rotatable bonds is 7. The van der Waals surface area contributed by atoms with Crippen molar-refractivity contribution in [2.75, 3.05) is 19.7 Å². The van der Waals surface area contributed by atoms with E-state index < -0.39 is 0 Å². The van der Waals surface area contributed by atoms with Gasteiger partial charge in [-0.1, -0.05) is 0 Å². The maximum Gasteiger partial charge on any atom is 0.223 e. The number of unbranched alkanes of at least 4 members (excludes halogenated alkanes) is 1. The molecule has 0 bridgehead atoms.